The van der Waals surface area contributed by atoms with Crippen molar-refractivity contribution in [3.63, 3.8) is 0 Å². The van der Waals surface area contributed by atoms with Crippen molar-refractivity contribution in [2.75, 3.05) is 19.6 Å². The summed E-state index contributed by atoms with van der Waals surface area (Å²) in [6.07, 6.45) is 7.63. The number of likely N-dealkylation sites (tertiary alicyclic amines) is 1. The maximum atomic E-state index is 12.5. The van der Waals surface area contributed by atoms with Crippen LogP contribution in [0.25, 0.3) is 0 Å². The van der Waals surface area contributed by atoms with E-state index in [1.807, 2.05) is 17.3 Å². The lowest BCUT2D eigenvalue weighted by atomic mass is 9.96. The van der Waals surface area contributed by atoms with Crippen molar-refractivity contribution in [3.05, 3.63) is 41.7 Å². The molecular formula is C22H32N6O. The van der Waals surface area contributed by atoms with Crippen LogP contribution in [0, 0.1) is 5.92 Å². The number of amides is 1. The van der Waals surface area contributed by atoms with Gasteiger partial charge in [-0.2, -0.15) is 0 Å². The molecule has 4 rings (SSSR count). The SMILES string of the molecule is CC(C)CCC(=O)N1CCn2c(nnc2C2CCCN(Cc3ccncc3)C2)C1. The zero-order valence-corrected chi connectivity index (χ0v) is 17.6. The normalized spacial score (nSPS) is 20.1. The second kappa shape index (κ2) is 9.03. The number of pyridine rings is 1. The van der Waals surface area contributed by atoms with Gasteiger partial charge in [-0.15, -0.1) is 10.2 Å². The van der Waals surface area contributed by atoms with E-state index >= 15 is 0 Å². The zero-order chi connectivity index (χ0) is 20.2. The molecule has 1 fully saturated rings. The van der Waals surface area contributed by atoms with Crippen LogP contribution in [0.3, 0.4) is 0 Å². The van der Waals surface area contributed by atoms with Crippen molar-refractivity contribution in [1.29, 1.82) is 0 Å². The van der Waals surface area contributed by atoms with E-state index in [9.17, 15) is 4.79 Å². The molecule has 0 N–H and O–H groups in total. The first-order chi connectivity index (χ1) is 14.1. The first-order valence-corrected chi connectivity index (χ1v) is 10.9. The fourth-order valence-electron chi connectivity index (χ4n) is 4.42. The smallest absolute Gasteiger partial charge is 0.223 e. The van der Waals surface area contributed by atoms with Crippen molar-refractivity contribution >= 4 is 5.91 Å². The van der Waals surface area contributed by atoms with Gasteiger partial charge >= 0.3 is 0 Å². The molecule has 0 saturated carbocycles. The average Bonchev–Trinajstić information content (AvgIpc) is 3.16. The number of piperidine rings is 1. The van der Waals surface area contributed by atoms with Gasteiger partial charge in [-0.3, -0.25) is 14.7 Å². The molecule has 29 heavy (non-hydrogen) atoms. The standard InChI is InChI=1S/C22H32N6O/c1-17(2)5-6-21(29)27-12-13-28-20(16-27)24-25-22(28)19-4-3-11-26(15-19)14-18-7-9-23-10-8-18/h7-10,17,19H,3-6,11-16H2,1-2H3. The van der Waals surface area contributed by atoms with E-state index in [0.29, 0.717) is 24.8 Å². The Labute approximate surface area is 173 Å². The third-order valence-corrected chi connectivity index (χ3v) is 6.10. The molecule has 2 aromatic heterocycles. The van der Waals surface area contributed by atoms with Crippen LogP contribution < -0.4 is 0 Å². The third-order valence-electron chi connectivity index (χ3n) is 6.10. The summed E-state index contributed by atoms with van der Waals surface area (Å²) in [7, 11) is 0. The minimum Gasteiger partial charge on any atom is -0.333 e. The lowest BCUT2D eigenvalue weighted by Gasteiger charge is -2.34. The number of hydrogen-bond acceptors (Lipinski definition) is 5. The Bertz CT molecular complexity index is 818. The molecule has 1 atom stereocenters. The summed E-state index contributed by atoms with van der Waals surface area (Å²) in [6.45, 7) is 9.59. The quantitative estimate of drug-likeness (QED) is 0.751. The van der Waals surface area contributed by atoms with E-state index < -0.39 is 0 Å². The molecule has 1 amide bonds. The first kappa shape index (κ1) is 20.0. The topological polar surface area (TPSA) is 67.2 Å². The zero-order valence-electron chi connectivity index (χ0n) is 17.6. The van der Waals surface area contributed by atoms with Gasteiger partial charge in [0.2, 0.25) is 5.91 Å². The Balaban J connectivity index is 1.39. The van der Waals surface area contributed by atoms with Gasteiger partial charge in [0.05, 0.1) is 6.54 Å². The van der Waals surface area contributed by atoms with Crippen molar-refractivity contribution in [2.24, 2.45) is 5.92 Å². The van der Waals surface area contributed by atoms with Gasteiger partial charge in [0, 0.05) is 50.9 Å². The molecule has 2 aliphatic rings. The molecule has 1 saturated heterocycles. The molecule has 2 aromatic rings. The van der Waals surface area contributed by atoms with Crippen LogP contribution in [0.1, 0.15) is 62.7 Å². The van der Waals surface area contributed by atoms with Gasteiger partial charge in [0.25, 0.3) is 0 Å². The molecule has 2 aliphatic heterocycles. The van der Waals surface area contributed by atoms with Crippen molar-refractivity contribution in [3.8, 4) is 0 Å². The number of rotatable bonds is 6. The van der Waals surface area contributed by atoms with Crippen LogP contribution in [0.15, 0.2) is 24.5 Å². The highest BCUT2D eigenvalue weighted by atomic mass is 16.2. The van der Waals surface area contributed by atoms with E-state index in [2.05, 4.69) is 50.6 Å². The van der Waals surface area contributed by atoms with Gasteiger partial charge in [-0.05, 0) is 49.4 Å². The minimum absolute atomic E-state index is 0.246. The molecular weight excluding hydrogens is 364 g/mol. The molecule has 0 bridgehead atoms. The lowest BCUT2D eigenvalue weighted by Crippen LogP contribution is -2.40. The molecule has 4 heterocycles. The second-order valence-electron chi connectivity index (χ2n) is 8.80. The summed E-state index contributed by atoms with van der Waals surface area (Å²) in [5.41, 5.74) is 1.31. The molecule has 7 nitrogen and oxygen atoms in total. The van der Waals surface area contributed by atoms with Gasteiger partial charge in [0.15, 0.2) is 5.82 Å². The Morgan fingerprint density at radius 3 is 2.79 bits per heavy atom. The fourth-order valence-corrected chi connectivity index (χ4v) is 4.42. The largest absolute Gasteiger partial charge is 0.333 e. The highest BCUT2D eigenvalue weighted by Gasteiger charge is 2.30. The summed E-state index contributed by atoms with van der Waals surface area (Å²) < 4.78 is 2.27. The van der Waals surface area contributed by atoms with E-state index in [0.717, 1.165) is 57.2 Å². The highest BCUT2D eigenvalue weighted by Crippen LogP contribution is 2.28. The van der Waals surface area contributed by atoms with E-state index in [-0.39, 0.29) is 5.91 Å². The lowest BCUT2D eigenvalue weighted by molar-refractivity contribution is -0.133. The number of carbonyl (C=O) groups excluding carboxylic acids is 1. The number of fused-ring (bicyclic) bond motifs is 1. The van der Waals surface area contributed by atoms with Gasteiger partial charge in [0.1, 0.15) is 5.82 Å². The molecule has 156 valence electrons. The third kappa shape index (κ3) is 4.83. The van der Waals surface area contributed by atoms with E-state index in [4.69, 9.17) is 0 Å². The molecule has 1 unspecified atom stereocenters. The minimum atomic E-state index is 0.246. The molecule has 0 radical (unpaired) electrons. The Hall–Kier alpha value is -2.28. The van der Waals surface area contributed by atoms with Crippen LogP contribution in [0.5, 0.6) is 0 Å². The molecule has 0 aliphatic carbocycles. The predicted molar refractivity (Wildman–Crippen MR) is 111 cm³/mol. The summed E-state index contributed by atoms with van der Waals surface area (Å²) in [4.78, 5) is 21.1. The second-order valence-corrected chi connectivity index (χ2v) is 8.80. The highest BCUT2D eigenvalue weighted by molar-refractivity contribution is 5.76. The van der Waals surface area contributed by atoms with Gasteiger partial charge < -0.3 is 9.47 Å². The molecule has 0 aromatic carbocycles. The van der Waals surface area contributed by atoms with E-state index in [1.165, 1.54) is 12.0 Å². The Kier molecular flexibility index (Phi) is 6.23. The fraction of sp³-hybridized carbons (Fsp3) is 0.636. The summed E-state index contributed by atoms with van der Waals surface area (Å²) in [6, 6.07) is 4.18. The maximum absolute atomic E-state index is 12.5. The Morgan fingerprint density at radius 1 is 1.17 bits per heavy atom. The van der Waals surface area contributed by atoms with Gasteiger partial charge in [-0.25, -0.2) is 0 Å². The van der Waals surface area contributed by atoms with Crippen molar-refractivity contribution < 1.29 is 4.79 Å². The van der Waals surface area contributed by atoms with Crippen LogP contribution in [-0.4, -0.2) is 55.1 Å². The van der Waals surface area contributed by atoms with Crippen LogP contribution in [0.2, 0.25) is 0 Å². The van der Waals surface area contributed by atoms with Gasteiger partial charge in [-0.1, -0.05) is 13.8 Å². The average molecular weight is 397 g/mol. The summed E-state index contributed by atoms with van der Waals surface area (Å²) >= 11 is 0. The van der Waals surface area contributed by atoms with Crippen molar-refractivity contribution in [2.45, 2.75) is 65.1 Å². The molecule has 0 spiro atoms. The summed E-state index contributed by atoms with van der Waals surface area (Å²) in [5.74, 6) is 3.26. The number of nitrogens with zero attached hydrogens (tertiary/aromatic N) is 6. The van der Waals surface area contributed by atoms with Crippen molar-refractivity contribution in [1.82, 2.24) is 29.5 Å². The van der Waals surface area contributed by atoms with E-state index in [1.54, 1.807) is 0 Å². The van der Waals surface area contributed by atoms with Crippen LogP contribution in [0.4, 0.5) is 0 Å². The van der Waals surface area contributed by atoms with Crippen LogP contribution >= 0.6 is 0 Å². The monoisotopic (exact) mass is 396 g/mol. The first-order valence-electron chi connectivity index (χ1n) is 10.9. The Morgan fingerprint density at radius 2 is 2.00 bits per heavy atom. The molecule has 7 heteroatoms. The number of carbonyl (C=O) groups is 1. The number of hydrogen-bond donors (Lipinski definition) is 0. The predicted octanol–water partition coefficient (Wildman–Crippen LogP) is 2.83. The number of aromatic nitrogens is 4. The summed E-state index contributed by atoms with van der Waals surface area (Å²) in [5, 5.41) is 9.03. The van der Waals surface area contributed by atoms with Crippen LogP contribution in [-0.2, 0) is 24.4 Å². The maximum Gasteiger partial charge on any atom is 0.223 e.